The number of ether oxygens (including phenoxy) is 2. The summed E-state index contributed by atoms with van der Waals surface area (Å²) in [5.74, 6) is 0.413. The van der Waals surface area contributed by atoms with Crippen molar-refractivity contribution in [3.05, 3.63) is 82.4 Å². The molecule has 4 rings (SSSR count). The molecule has 0 spiro atoms. The van der Waals surface area contributed by atoms with E-state index in [4.69, 9.17) is 9.47 Å². The minimum Gasteiger partial charge on any atom is -0.497 e. The summed E-state index contributed by atoms with van der Waals surface area (Å²) >= 11 is 0. The quantitative estimate of drug-likeness (QED) is 0.626. The zero-order chi connectivity index (χ0) is 21.1. The Kier molecular flexibility index (Phi) is 5.81. The number of rotatable bonds is 6. The average molecular weight is 409 g/mol. The molecule has 7 heteroatoms. The number of halogens is 1. The highest BCUT2D eigenvalue weighted by Crippen LogP contribution is 2.25. The van der Waals surface area contributed by atoms with Gasteiger partial charge in [0.15, 0.2) is 0 Å². The standard InChI is InChI=1S/C23H24FN3O3/c1-26-22-11-12-27(23(28)16-7-9-18(29-2)10-8-16)13-19(22)21(25-26)15-30-14-17-5-3-4-6-20(17)24/h3-10H,11-15H2,1-2H3. The highest BCUT2D eigenvalue weighted by Gasteiger charge is 2.27. The Morgan fingerprint density at radius 1 is 1.13 bits per heavy atom. The third kappa shape index (κ3) is 4.07. The van der Waals surface area contributed by atoms with E-state index < -0.39 is 0 Å². The van der Waals surface area contributed by atoms with Crippen molar-refractivity contribution >= 4 is 5.91 Å². The monoisotopic (exact) mass is 409 g/mol. The molecule has 0 saturated heterocycles. The van der Waals surface area contributed by atoms with Crippen LogP contribution in [0, 0.1) is 5.82 Å². The van der Waals surface area contributed by atoms with Gasteiger partial charge < -0.3 is 14.4 Å². The fourth-order valence-electron chi connectivity index (χ4n) is 3.75. The molecule has 1 amide bonds. The SMILES string of the molecule is COc1ccc(C(=O)N2CCc3c(c(COCc4ccccc4F)nn3C)C2)cc1. The van der Waals surface area contributed by atoms with Crippen molar-refractivity contribution in [2.45, 2.75) is 26.2 Å². The molecular formula is C23H24FN3O3. The van der Waals surface area contributed by atoms with Crippen molar-refractivity contribution in [3.63, 3.8) is 0 Å². The molecule has 2 heterocycles. The number of aryl methyl sites for hydroxylation is 1. The zero-order valence-corrected chi connectivity index (χ0v) is 17.1. The van der Waals surface area contributed by atoms with E-state index in [0.717, 1.165) is 23.4 Å². The maximum atomic E-state index is 13.8. The Balaban J connectivity index is 1.46. The summed E-state index contributed by atoms with van der Waals surface area (Å²) in [6.45, 7) is 1.55. The van der Waals surface area contributed by atoms with Gasteiger partial charge >= 0.3 is 0 Å². The Hall–Kier alpha value is -3.19. The lowest BCUT2D eigenvalue weighted by atomic mass is 10.0. The first-order valence-electron chi connectivity index (χ1n) is 9.85. The summed E-state index contributed by atoms with van der Waals surface area (Å²) in [7, 11) is 3.50. The van der Waals surface area contributed by atoms with Crippen molar-refractivity contribution in [2.75, 3.05) is 13.7 Å². The highest BCUT2D eigenvalue weighted by atomic mass is 19.1. The average Bonchev–Trinajstić information content (AvgIpc) is 3.09. The molecule has 0 saturated carbocycles. The number of methoxy groups -OCH3 is 1. The van der Waals surface area contributed by atoms with E-state index in [1.165, 1.54) is 6.07 Å². The van der Waals surface area contributed by atoms with E-state index in [1.54, 1.807) is 49.6 Å². The Morgan fingerprint density at radius 3 is 2.63 bits per heavy atom. The molecule has 30 heavy (non-hydrogen) atoms. The smallest absolute Gasteiger partial charge is 0.254 e. The van der Waals surface area contributed by atoms with Gasteiger partial charge in [-0.1, -0.05) is 18.2 Å². The molecule has 6 nitrogen and oxygen atoms in total. The number of hydrogen-bond donors (Lipinski definition) is 0. The van der Waals surface area contributed by atoms with Crippen LogP contribution in [0.5, 0.6) is 5.75 Å². The van der Waals surface area contributed by atoms with Crippen LogP contribution in [0.4, 0.5) is 4.39 Å². The maximum absolute atomic E-state index is 13.8. The molecule has 1 aliphatic heterocycles. The number of benzene rings is 2. The van der Waals surface area contributed by atoms with Crippen LogP contribution in [0.25, 0.3) is 0 Å². The van der Waals surface area contributed by atoms with Crippen LogP contribution >= 0.6 is 0 Å². The second kappa shape index (κ2) is 8.67. The van der Waals surface area contributed by atoms with Gasteiger partial charge in [0.2, 0.25) is 0 Å². The van der Waals surface area contributed by atoms with Crippen LogP contribution < -0.4 is 4.74 Å². The molecule has 2 aromatic carbocycles. The number of carbonyl (C=O) groups excluding carboxylic acids is 1. The molecule has 156 valence electrons. The Bertz CT molecular complexity index is 1050. The van der Waals surface area contributed by atoms with Crippen LogP contribution in [-0.4, -0.2) is 34.2 Å². The predicted octanol–water partition coefficient (Wildman–Crippen LogP) is 3.48. The lowest BCUT2D eigenvalue weighted by molar-refractivity contribution is 0.0727. The van der Waals surface area contributed by atoms with E-state index in [-0.39, 0.29) is 24.9 Å². The Labute approximate surface area is 174 Å². The van der Waals surface area contributed by atoms with Crippen LogP contribution in [0.3, 0.4) is 0 Å². The molecular weight excluding hydrogens is 385 g/mol. The van der Waals surface area contributed by atoms with Crippen molar-refractivity contribution in [1.82, 2.24) is 14.7 Å². The second-order valence-corrected chi connectivity index (χ2v) is 7.28. The first-order valence-corrected chi connectivity index (χ1v) is 9.85. The summed E-state index contributed by atoms with van der Waals surface area (Å²) in [6.07, 6.45) is 0.730. The van der Waals surface area contributed by atoms with E-state index in [0.29, 0.717) is 30.0 Å². The molecule has 0 radical (unpaired) electrons. The van der Waals surface area contributed by atoms with Crippen molar-refractivity contribution in [1.29, 1.82) is 0 Å². The van der Waals surface area contributed by atoms with Gasteiger partial charge in [0.25, 0.3) is 5.91 Å². The normalized spacial score (nSPS) is 13.2. The maximum Gasteiger partial charge on any atom is 0.254 e. The lowest BCUT2D eigenvalue weighted by Crippen LogP contribution is -2.36. The summed E-state index contributed by atoms with van der Waals surface area (Å²) in [5, 5.41) is 4.58. The summed E-state index contributed by atoms with van der Waals surface area (Å²) < 4.78 is 26.5. The minimum atomic E-state index is -0.281. The first-order chi connectivity index (χ1) is 14.6. The second-order valence-electron chi connectivity index (χ2n) is 7.28. The summed E-state index contributed by atoms with van der Waals surface area (Å²) in [5.41, 5.74) is 4.05. The zero-order valence-electron chi connectivity index (χ0n) is 17.1. The highest BCUT2D eigenvalue weighted by molar-refractivity contribution is 5.94. The van der Waals surface area contributed by atoms with Gasteiger partial charge in [-0.05, 0) is 30.3 Å². The minimum absolute atomic E-state index is 0.0228. The number of fused-ring (bicyclic) bond motifs is 1. The fraction of sp³-hybridized carbons (Fsp3) is 0.304. The molecule has 0 unspecified atom stereocenters. The number of aromatic nitrogens is 2. The molecule has 3 aromatic rings. The summed E-state index contributed by atoms with van der Waals surface area (Å²) in [6, 6.07) is 13.7. The third-order valence-electron chi connectivity index (χ3n) is 5.40. The van der Waals surface area contributed by atoms with E-state index in [9.17, 15) is 9.18 Å². The molecule has 0 aliphatic carbocycles. The van der Waals surface area contributed by atoms with Gasteiger partial charge in [-0.25, -0.2) is 4.39 Å². The van der Waals surface area contributed by atoms with Crippen LogP contribution in [0.2, 0.25) is 0 Å². The van der Waals surface area contributed by atoms with E-state index in [1.807, 2.05) is 16.6 Å². The van der Waals surface area contributed by atoms with Crippen LogP contribution in [-0.2, 0) is 38.0 Å². The Morgan fingerprint density at radius 2 is 1.90 bits per heavy atom. The van der Waals surface area contributed by atoms with Gasteiger partial charge in [0, 0.05) is 48.9 Å². The number of nitrogens with zero attached hydrogens (tertiary/aromatic N) is 3. The van der Waals surface area contributed by atoms with Gasteiger partial charge in [0.1, 0.15) is 11.6 Å². The summed E-state index contributed by atoms with van der Waals surface area (Å²) in [4.78, 5) is 14.8. The van der Waals surface area contributed by atoms with E-state index in [2.05, 4.69) is 5.10 Å². The molecule has 0 bridgehead atoms. The van der Waals surface area contributed by atoms with Crippen molar-refractivity contribution in [3.8, 4) is 5.75 Å². The molecule has 0 atom stereocenters. The topological polar surface area (TPSA) is 56.6 Å². The van der Waals surface area contributed by atoms with Crippen LogP contribution in [0.1, 0.15) is 32.9 Å². The van der Waals surface area contributed by atoms with Gasteiger partial charge in [-0.3, -0.25) is 9.48 Å². The van der Waals surface area contributed by atoms with Crippen molar-refractivity contribution < 1.29 is 18.7 Å². The molecule has 0 N–H and O–H groups in total. The van der Waals surface area contributed by atoms with Gasteiger partial charge in [-0.15, -0.1) is 0 Å². The molecule has 0 fully saturated rings. The van der Waals surface area contributed by atoms with Gasteiger partial charge in [-0.2, -0.15) is 5.10 Å². The lowest BCUT2D eigenvalue weighted by Gasteiger charge is -2.28. The van der Waals surface area contributed by atoms with Crippen LogP contribution in [0.15, 0.2) is 48.5 Å². The predicted molar refractivity (Wildman–Crippen MR) is 110 cm³/mol. The third-order valence-corrected chi connectivity index (χ3v) is 5.40. The first kappa shape index (κ1) is 20.1. The molecule has 1 aliphatic rings. The number of amides is 1. The number of hydrogen-bond acceptors (Lipinski definition) is 4. The molecule has 1 aromatic heterocycles. The van der Waals surface area contributed by atoms with E-state index >= 15 is 0 Å². The fourth-order valence-corrected chi connectivity index (χ4v) is 3.75. The number of carbonyl (C=O) groups is 1. The van der Waals surface area contributed by atoms with Gasteiger partial charge in [0.05, 0.1) is 26.0 Å². The largest absolute Gasteiger partial charge is 0.497 e. The van der Waals surface area contributed by atoms with Crippen molar-refractivity contribution in [2.24, 2.45) is 7.05 Å².